The van der Waals surface area contributed by atoms with Crippen molar-refractivity contribution in [2.24, 2.45) is 0 Å². The summed E-state index contributed by atoms with van der Waals surface area (Å²) in [7, 11) is 0. The third kappa shape index (κ3) is 4.22. The zero-order valence-corrected chi connectivity index (χ0v) is 13.8. The zero-order chi connectivity index (χ0) is 17.0. The molecule has 0 saturated carbocycles. The summed E-state index contributed by atoms with van der Waals surface area (Å²) in [6.07, 6.45) is 0.0362. The molecule has 1 amide bonds. The number of nitrogens with one attached hydrogen (secondary N) is 1. The first-order valence-electron chi connectivity index (χ1n) is 7.58. The number of aryl methyl sites for hydroxylation is 3. The molecule has 1 aromatic carbocycles. The van der Waals surface area contributed by atoms with Gasteiger partial charge in [-0.2, -0.15) is 0 Å². The average molecular weight is 315 g/mol. The number of hydrogen-bond donors (Lipinski definition) is 1. The largest absolute Gasteiger partial charge is 0.466 e. The first-order chi connectivity index (χ1) is 10.9. The SMILES string of the molecule is CCc1ccc(NC(=O)[C@@H](C)OC(=O)c2cc(C)oc2C)cc1. The Balaban J connectivity index is 1.96. The van der Waals surface area contributed by atoms with E-state index in [1.807, 2.05) is 24.3 Å². The highest BCUT2D eigenvalue weighted by atomic mass is 16.5. The van der Waals surface area contributed by atoms with Crippen LogP contribution in [0.15, 0.2) is 34.7 Å². The first-order valence-corrected chi connectivity index (χ1v) is 7.58. The van der Waals surface area contributed by atoms with Crippen LogP contribution in [-0.2, 0) is 16.0 Å². The number of esters is 1. The van der Waals surface area contributed by atoms with E-state index in [4.69, 9.17) is 9.15 Å². The van der Waals surface area contributed by atoms with Crippen LogP contribution in [0, 0.1) is 13.8 Å². The normalized spacial score (nSPS) is 11.8. The molecule has 0 spiro atoms. The van der Waals surface area contributed by atoms with E-state index in [-0.39, 0.29) is 5.91 Å². The highest BCUT2D eigenvalue weighted by Crippen LogP contribution is 2.16. The maximum Gasteiger partial charge on any atom is 0.342 e. The van der Waals surface area contributed by atoms with Gasteiger partial charge in [0.2, 0.25) is 0 Å². The molecule has 0 fully saturated rings. The standard InChI is InChI=1S/C18H21NO4/c1-5-14-6-8-15(9-7-14)19-17(20)13(4)23-18(21)16-10-11(2)22-12(16)3/h6-10,13H,5H2,1-4H3,(H,19,20)/t13-/m1/s1. The number of hydrogen-bond acceptors (Lipinski definition) is 4. The van der Waals surface area contributed by atoms with Crippen LogP contribution in [0.5, 0.6) is 0 Å². The van der Waals surface area contributed by atoms with Crippen molar-refractivity contribution in [3.05, 3.63) is 53.0 Å². The molecule has 1 heterocycles. The summed E-state index contributed by atoms with van der Waals surface area (Å²) in [6, 6.07) is 9.16. The Morgan fingerprint density at radius 2 is 1.87 bits per heavy atom. The maximum atomic E-state index is 12.1. The van der Waals surface area contributed by atoms with Gasteiger partial charge in [0, 0.05) is 5.69 Å². The van der Waals surface area contributed by atoms with Gasteiger partial charge in [0.15, 0.2) is 6.10 Å². The molecule has 2 aromatic rings. The molecule has 0 radical (unpaired) electrons. The molecule has 0 bridgehead atoms. The number of carbonyl (C=O) groups excluding carboxylic acids is 2. The molecule has 122 valence electrons. The molecule has 5 heteroatoms. The van der Waals surface area contributed by atoms with Crippen molar-refractivity contribution in [1.82, 2.24) is 0 Å². The topological polar surface area (TPSA) is 68.5 Å². The lowest BCUT2D eigenvalue weighted by Gasteiger charge is -2.13. The van der Waals surface area contributed by atoms with Crippen LogP contribution in [0.25, 0.3) is 0 Å². The predicted molar refractivity (Wildman–Crippen MR) is 87.5 cm³/mol. The van der Waals surface area contributed by atoms with Gasteiger partial charge in [0.1, 0.15) is 17.1 Å². The Morgan fingerprint density at radius 1 is 1.22 bits per heavy atom. The minimum absolute atomic E-state index is 0.342. The fraction of sp³-hybridized carbons (Fsp3) is 0.333. The summed E-state index contributed by atoms with van der Waals surface area (Å²) in [5, 5.41) is 2.73. The van der Waals surface area contributed by atoms with E-state index in [2.05, 4.69) is 12.2 Å². The van der Waals surface area contributed by atoms with Crippen molar-refractivity contribution < 1.29 is 18.7 Å². The van der Waals surface area contributed by atoms with Gasteiger partial charge in [0.25, 0.3) is 5.91 Å². The van der Waals surface area contributed by atoms with Crippen LogP contribution < -0.4 is 5.32 Å². The first kappa shape index (κ1) is 16.8. The fourth-order valence-electron chi connectivity index (χ4n) is 2.18. The number of furan rings is 1. The number of benzene rings is 1. The van der Waals surface area contributed by atoms with Gasteiger partial charge in [-0.15, -0.1) is 0 Å². The van der Waals surface area contributed by atoms with Crippen molar-refractivity contribution in [2.75, 3.05) is 5.32 Å². The predicted octanol–water partition coefficient (Wildman–Crippen LogP) is 3.64. The molecule has 2 rings (SSSR count). The Bertz CT molecular complexity index is 700. The second kappa shape index (κ2) is 7.13. The average Bonchev–Trinajstić information content (AvgIpc) is 2.86. The summed E-state index contributed by atoms with van der Waals surface area (Å²) in [5.74, 6) is 0.168. The molecule has 0 unspecified atom stereocenters. The Labute approximate surface area is 135 Å². The quantitative estimate of drug-likeness (QED) is 0.855. The lowest BCUT2D eigenvalue weighted by atomic mass is 10.1. The highest BCUT2D eigenvalue weighted by molar-refractivity contribution is 5.97. The van der Waals surface area contributed by atoms with Crippen molar-refractivity contribution >= 4 is 17.6 Å². The van der Waals surface area contributed by atoms with Crippen LogP contribution in [0.2, 0.25) is 0 Å². The lowest BCUT2D eigenvalue weighted by molar-refractivity contribution is -0.123. The van der Waals surface area contributed by atoms with Crippen LogP contribution in [-0.4, -0.2) is 18.0 Å². The van der Waals surface area contributed by atoms with Gasteiger partial charge in [-0.25, -0.2) is 4.79 Å². The van der Waals surface area contributed by atoms with E-state index in [0.29, 0.717) is 22.8 Å². The lowest BCUT2D eigenvalue weighted by Crippen LogP contribution is -2.30. The summed E-state index contributed by atoms with van der Waals surface area (Å²) >= 11 is 0. The molecular formula is C18H21NO4. The van der Waals surface area contributed by atoms with Crippen LogP contribution in [0.1, 0.15) is 41.3 Å². The molecule has 0 aliphatic rings. The molecule has 0 saturated heterocycles. The second-order valence-electron chi connectivity index (χ2n) is 5.41. The highest BCUT2D eigenvalue weighted by Gasteiger charge is 2.22. The molecule has 23 heavy (non-hydrogen) atoms. The number of ether oxygens (including phenoxy) is 1. The van der Waals surface area contributed by atoms with Crippen LogP contribution >= 0.6 is 0 Å². The van der Waals surface area contributed by atoms with Gasteiger partial charge >= 0.3 is 5.97 Å². The third-order valence-electron chi connectivity index (χ3n) is 3.54. The van der Waals surface area contributed by atoms with Gasteiger partial charge in [-0.1, -0.05) is 19.1 Å². The minimum atomic E-state index is -0.900. The molecule has 0 aliphatic carbocycles. The van der Waals surface area contributed by atoms with E-state index in [0.717, 1.165) is 6.42 Å². The van der Waals surface area contributed by atoms with Gasteiger partial charge in [-0.3, -0.25) is 4.79 Å². The summed E-state index contributed by atoms with van der Waals surface area (Å²) in [5.41, 5.74) is 2.20. The smallest absolute Gasteiger partial charge is 0.342 e. The van der Waals surface area contributed by atoms with Crippen molar-refractivity contribution in [3.8, 4) is 0 Å². The van der Waals surface area contributed by atoms with Crippen molar-refractivity contribution in [1.29, 1.82) is 0 Å². The van der Waals surface area contributed by atoms with E-state index >= 15 is 0 Å². The second-order valence-corrected chi connectivity index (χ2v) is 5.41. The molecule has 0 aliphatic heterocycles. The van der Waals surface area contributed by atoms with Crippen LogP contribution in [0.4, 0.5) is 5.69 Å². The summed E-state index contributed by atoms with van der Waals surface area (Å²) < 4.78 is 10.5. The molecule has 1 aromatic heterocycles. The summed E-state index contributed by atoms with van der Waals surface area (Å²) in [6.45, 7) is 7.04. The van der Waals surface area contributed by atoms with E-state index in [9.17, 15) is 9.59 Å². The number of carbonyl (C=O) groups is 2. The third-order valence-corrected chi connectivity index (χ3v) is 3.54. The molecule has 1 N–H and O–H groups in total. The maximum absolute atomic E-state index is 12.1. The minimum Gasteiger partial charge on any atom is -0.466 e. The Hall–Kier alpha value is -2.56. The van der Waals surface area contributed by atoms with E-state index in [1.54, 1.807) is 19.9 Å². The number of amides is 1. The number of anilines is 1. The Kier molecular flexibility index (Phi) is 5.21. The van der Waals surface area contributed by atoms with Crippen molar-refractivity contribution in [3.63, 3.8) is 0 Å². The van der Waals surface area contributed by atoms with E-state index < -0.39 is 12.1 Å². The zero-order valence-electron chi connectivity index (χ0n) is 13.8. The fourth-order valence-corrected chi connectivity index (χ4v) is 2.18. The van der Waals surface area contributed by atoms with Gasteiger partial charge in [0.05, 0.1) is 0 Å². The van der Waals surface area contributed by atoms with Gasteiger partial charge in [-0.05, 0) is 51.0 Å². The summed E-state index contributed by atoms with van der Waals surface area (Å²) in [4.78, 5) is 24.2. The Morgan fingerprint density at radius 3 is 2.39 bits per heavy atom. The molecular weight excluding hydrogens is 294 g/mol. The van der Waals surface area contributed by atoms with E-state index in [1.165, 1.54) is 12.5 Å². The number of rotatable bonds is 5. The van der Waals surface area contributed by atoms with Gasteiger partial charge < -0.3 is 14.5 Å². The van der Waals surface area contributed by atoms with Crippen LogP contribution in [0.3, 0.4) is 0 Å². The molecule has 1 atom stereocenters. The monoisotopic (exact) mass is 315 g/mol. The van der Waals surface area contributed by atoms with Crippen molar-refractivity contribution in [2.45, 2.75) is 40.2 Å². The molecule has 5 nitrogen and oxygen atoms in total.